The molecule has 214 valence electrons. The molecule has 0 atom stereocenters. The Bertz CT molecular complexity index is 1200. The Morgan fingerprint density at radius 2 is 0.429 bits per heavy atom. The quantitative estimate of drug-likeness (QED) is 0.0875. The molecule has 0 saturated carbocycles. The molecular weight excluding hydrogens is 661 g/mol. The van der Waals surface area contributed by atoms with Gasteiger partial charge in [0.1, 0.15) is 31.8 Å². The first kappa shape index (κ1) is 33.3. The van der Waals surface area contributed by atoms with Gasteiger partial charge in [-0.3, -0.25) is 6.79 Å². The summed E-state index contributed by atoms with van der Waals surface area (Å²) in [7, 11) is 2.85. The van der Waals surface area contributed by atoms with Crippen LogP contribution in [0.25, 0.3) is 0 Å². The number of hydrogen-bond acceptors (Lipinski definition) is 1. The molecule has 0 aliphatic heterocycles. The van der Waals surface area contributed by atoms with Gasteiger partial charge in [-0.15, -0.1) is 0 Å². The molecule has 1 nitrogen and oxygen atoms in total. The van der Waals surface area contributed by atoms with Crippen LogP contribution in [0.4, 0.5) is 0 Å². The maximum atomic E-state index is 7.75. The van der Waals surface area contributed by atoms with Crippen molar-refractivity contribution in [3.05, 3.63) is 182 Å². The molecule has 0 N–H and O–H groups in total. The van der Waals surface area contributed by atoms with Crippen molar-refractivity contribution in [2.75, 3.05) is 0 Å². The van der Waals surface area contributed by atoms with Crippen LogP contribution >= 0.6 is 25.5 Å². The zero-order chi connectivity index (χ0) is 29.8. The van der Waals surface area contributed by atoms with Crippen LogP contribution in [0, 0.1) is 0 Å². The van der Waals surface area contributed by atoms with Gasteiger partial charge < -0.3 is 4.79 Å². The molecule has 0 radical (unpaired) electrons. The standard InChI is InChI=1S/2C18H15P.CHO.ClH.Rh.2H/c2*1-4-10-16(11-5-1)19(17-12-6-2-7-13-17)18-14-8-3-9-15-18;1-2;;;;/h2*1-15H;1H;1H;;;/q;;-1;;+1;;/p+1. The van der Waals surface area contributed by atoms with Crippen LogP contribution in [0.3, 0.4) is 0 Å². The van der Waals surface area contributed by atoms with Crippen LogP contribution in [0.2, 0.25) is 0 Å². The fraction of sp³-hybridized carbons (Fsp3) is 0. The minimum absolute atomic E-state index is 0.877. The number of halogens is 1. The predicted molar refractivity (Wildman–Crippen MR) is 188 cm³/mol. The predicted octanol–water partition coefficient (Wildman–Crippen LogP) is 6.23. The second kappa shape index (κ2) is 19.8. The number of hydrogen-bond donors (Lipinski definition) is 0. The number of carbonyl (C=O) groups excluding carboxylic acids is 1. The van der Waals surface area contributed by atoms with Gasteiger partial charge >= 0.3 is 27.0 Å². The van der Waals surface area contributed by atoms with Gasteiger partial charge in [-0.05, 0) is 72.8 Å². The van der Waals surface area contributed by atoms with Crippen molar-refractivity contribution in [1.29, 1.82) is 0 Å². The Labute approximate surface area is 266 Å². The van der Waals surface area contributed by atoms with Crippen LogP contribution < -0.4 is 31.8 Å². The molecule has 0 bridgehead atoms. The zero-order valence-corrected chi connectivity index (χ0v) is 27.7. The van der Waals surface area contributed by atoms with E-state index in [-0.39, 0.29) is 0 Å². The average Bonchev–Trinajstić information content (AvgIpc) is 3.10. The maximum Gasteiger partial charge on any atom is 0.102 e. The van der Waals surface area contributed by atoms with Gasteiger partial charge in [-0.2, -0.15) is 0 Å². The monoisotopic (exact) mass is 695 g/mol. The zero-order valence-electron chi connectivity index (χ0n) is 23.1. The summed E-state index contributed by atoms with van der Waals surface area (Å²) >= 11 is 1.62. The summed E-state index contributed by atoms with van der Waals surface area (Å²) in [6, 6.07) is 65.0. The summed E-state index contributed by atoms with van der Waals surface area (Å²) in [6.45, 7) is 3.25. The van der Waals surface area contributed by atoms with Crippen molar-refractivity contribution in [2.45, 2.75) is 0 Å². The van der Waals surface area contributed by atoms with E-state index in [1.165, 1.54) is 31.8 Å². The van der Waals surface area contributed by atoms with Gasteiger partial charge in [0.25, 0.3) is 0 Å². The Balaban J connectivity index is 0.000000206. The van der Waals surface area contributed by atoms with Crippen LogP contribution in [0.15, 0.2) is 182 Å². The van der Waals surface area contributed by atoms with Gasteiger partial charge in [-0.1, -0.05) is 109 Å². The van der Waals surface area contributed by atoms with Crippen molar-refractivity contribution in [3.8, 4) is 0 Å². The molecule has 0 aromatic heterocycles. The summed E-state index contributed by atoms with van der Waals surface area (Å²) in [4.78, 5) is 7.75. The molecular formula is C37H35ClOP2Rh+. The Morgan fingerprint density at radius 3 is 0.548 bits per heavy atom. The summed E-state index contributed by atoms with van der Waals surface area (Å²) in [5.41, 5.74) is 0. The molecule has 6 aromatic rings. The van der Waals surface area contributed by atoms with E-state index in [0.717, 1.165) is 0 Å². The topological polar surface area (TPSA) is 17.1 Å². The summed E-state index contributed by atoms with van der Waals surface area (Å²) in [6.07, 6.45) is 0. The van der Waals surface area contributed by atoms with Gasteiger partial charge in [-0.25, -0.2) is 0 Å². The fourth-order valence-electron chi connectivity index (χ4n) is 4.63. The normalized spacial score (nSPS) is 9.83. The van der Waals surface area contributed by atoms with E-state index in [1.807, 2.05) is 0 Å². The van der Waals surface area contributed by atoms with Crippen LogP contribution in [-0.2, 0) is 22.1 Å². The molecule has 0 spiro atoms. The Morgan fingerprint density at radius 1 is 0.310 bits per heavy atom. The molecule has 6 rings (SSSR count). The van der Waals surface area contributed by atoms with E-state index < -0.39 is 15.8 Å². The maximum absolute atomic E-state index is 7.75. The summed E-state index contributed by atoms with van der Waals surface area (Å²) in [5, 5.41) is 8.61. The second-order valence-electron chi connectivity index (χ2n) is 8.95. The Hall–Kier alpha value is -3.24. The van der Waals surface area contributed by atoms with Gasteiger partial charge in [0.2, 0.25) is 0 Å². The third-order valence-corrected chi connectivity index (χ3v) is 11.8. The number of benzene rings is 6. The van der Waals surface area contributed by atoms with Crippen LogP contribution in [0.1, 0.15) is 0 Å². The van der Waals surface area contributed by atoms with Crippen LogP contribution in [0.5, 0.6) is 0 Å². The molecule has 0 aliphatic carbocycles. The van der Waals surface area contributed by atoms with E-state index in [4.69, 9.17) is 4.79 Å². The molecule has 42 heavy (non-hydrogen) atoms. The third kappa shape index (κ3) is 9.94. The first-order valence-electron chi connectivity index (χ1n) is 13.3. The summed E-state index contributed by atoms with van der Waals surface area (Å²) in [5.74, 6) is 0. The second-order valence-corrected chi connectivity index (χ2v) is 13.9. The van der Waals surface area contributed by atoms with Crippen molar-refractivity contribution >= 4 is 64.2 Å². The fourth-order valence-corrected chi connectivity index (χ4v) is 9.78. The minimum atomic E-state index is -0.877. The molecule has 0 amide bonds. The van der Waals surface area contributed by atoms with E-state index >= 15 is 0 Å². The van der Waals surface area contributed by atoms with Gasteiger partial charge in [0.05, 0.1) is 15.8 Å². The van der Waals surface area contributed by atoms with Gasteiger partial charge in [0.15, 0.2) is 0 Å². The molecule has 0 heterocycles. The minimum Gasteiger partial charge on any atom is -0.0620 e. The Kier molecular flexibility index (Phi) is 15.7. The van der Waals surface area contributed by atoms with Crippen molar-refractivity contribution in [1.82, 2.24) is 0 Å². The SMILES string of the molecule is [CH-]=O.[Cl][RhH2].c1ccc([PH+](c2ccccc2)c2ccccc2)cc1.c1ccc([PH+](c2ccccc2)c2ccccc2)cc1. The number of rotatable bonds is 6. The van der Waals surface area contributed by atoms with E-state index in [2.05, 4.69) is 198 Å². The average molecular weight is 696 g/mol. The van der Waals surface area contributed by atoms with Crippen molar-refractivity contribution in [2.24, 2.45) is 0 Å². The molecule has 0 aliphatic rings. The van der Waals surface area contributed by atoms with E-state index in [0.29, 0.717) is 0 Å². The largest absolute Gasteiger partial charge is 0.102 e. The van der Waals surface area contributed by atoms with Crippen molar-refractivity contribution in [3.63, 3.8) is 0 Å². The molecule has 0 fully saturated rings. The molecule has 0 saturated heterocycles. The molecule has 5 heteroatoms. The molecule has 0 unspecified atom stereocenters. The smallest absolute Gasteiger partial charge is 0.0620 e. The van der Waals surface area contributed by atoms with Crippen molar-refractivity contribution < 1.29 is 22.1 Å². The van der Waals surface area contributed by atoms with Crippen LogP contribution in [-0.4, -0.2) is 6.79 Å². The first-order valence-corrected chi connectivity index (χ1v) is 18.7. The summed E-state index contributed by atoms with van der Waals surface area (Å²) < 4.78 is 0. The van der Waals surface area contributed by atoms with E-state index in [9.17, 15) is 0 Å². The van der Waals surface area contributed by atoms with E-state index in [1.54, 1.807) is 17.3 Å². The third-order valence-electron chi connectivity index (χ3n) is 6.37. The first-order chi connectivity index (χ1) is 20.9. The molecule has 6 aromatic carbocycles. The van der Waals surface area contributed by atoms with Gasteiger partial charge in [0, 0.05) is 0 Å².